The van der Waals surface area contributed by atoms with E-state index in [0.717, 1.165) is 16.6 Å². The van der Waals surface area contributed by atoms with Crippen LogP contribution in [-0.2, 0) is 11.3 Å². The predicted molar refractivity (Wildman–Crippen MR) is 142 cm³/mol. The van der Waals surface area contributed by atoms with Crippen molar-refractivity contribution >= 4 is 34.5 Å². The van der Waals surface area contributed by atoms with Crippen LogP contribution >= 0.6 is 0 Å². The Morgan fingerprint density at radius 1 is 1.00 bits per heavy atom. The molecule has 2 amide bonds. The van der Waals surface area contributed by atoms with Crippen molar-refractivity contribution in [2.75, 3.05) is 18.1 Å². The summed E-state index contributed by atoms with van der Waals surface area (Å²) in [5, 5.41) is 0. The Morgan fingerprint density at radius 2 is 1.79 bits per heavy atom. The Hall–Kier alpha value is -4.96. The van der Waals surface area contributed by atoms with E-state index in [4.69, 9.17) is 15.2 Å². The maximum atomic E-state index is 13.7. The predicted octanol–water partition coefficient (Wildman–Crippen LogP) is 4.27. The van der Waals surface area contributed by atoms with Crippen molar-refractivity contribution in [3.63, 3.8) is 0 Å². The number of aryl methyl sites for hydroxylation is 1. The summed E-state index contributed by atoms with van der Waals surface area (Å²) in [7, 11) is 0. The molecule has 0 saturated heterocycles. The number of imidazole rings is 2. The molecule has 0 aliphatic heterocycles. The van der Waals surface area contributed by atoms with E-state index < -0.39 is 11.8 Å². The van der Waals surface area contributed by atoms with E-state index in [0.29, 0.717) is 36.8 Å². The van der Waals surface area contributed by atoms with Crippen molar-refractivity contribution in [1.82, 2.24) is 19.9 Å². The van der Waals surface area contributed by atoms with Crippen LogP contribution in [0.2, 0.25) is 0 Å². The first-order valence-electron chi connectivity index (χ1n) is 12.0. The van der Waals surface area contributed by atoms with E-state index in [1.54, 1.807) is 12.1 Å². The lowest BCUT2D eigenvalue weighted by Crippen LogP contribution is -2.30. The van der Waals surface area contributed by atoms with Crippen LogP contribution in [0.4, 0.5) is 11.6 Å². The van der Waals surface area contributed by atoms with Gasteiger partial charge in [0.2, 0.25) is 5.95 Å². The Kier molecular flexibility index (Phi) is 7.14. The molecule has 0 bridgehead atoms. The fourth-order valence-electron chi connectivity index (χ4n) is 4.07. The van der Waals surface area contributed by atoms with Gasteiger partial charge in [0.1, 0.15) is 18.1 Å². The molecule has 10 nitrogen and oxygen atoms in total. The number of primary amides is 1. The third kappa shape index (κ3) is 5.25. The molecule has 0 spiro atoms. The third-order valence-corrected chi connectivity index (χ3v) is 5.90. The number of para-hydroxylation sites is 2. The highest BCUT2D eigenvalue weighted by Gasteiger charge is 2.29. The zero-order valence-electron chi connectivity index (χ0n) is 20.7. The van der Waals surface area contributed by atoms with Crippen molar-refractivity contribution in [1.29, 1.82) is 0 Å². The fourth-order valence-corrected chi connectivity index (χ4v) is 4.07. The molecule has 0 aliphatic carbocycles. The zero-order valence-corrected chi connectivity index (χ0v) is 20.7. The van der Waals surface area contributed by atoms with Crippen molar-refractivity contribution < 1.29 is 19.1 Å². The van der Waals surface area contributed by atoms with Gasteiger partial charge in [0.25, 0.3) is 11.8 Å². The highest BCUT2D eigenvalue weighted by atomic mass is 16.5. The summed E-state index contributed by atoms with van der Waals surface area (Å²) in [6.07, 6.45) is 1.26. The van der Waals surface area contributed by atoms with Crippen LogP contribution in [0.3, 0.4) is 0 Å². The highest BCUT2D eigenvalue weighted by molar-refractivity contribution is 6.14. The van der Waals surface area contributed by atoms with Crippen LogP contribution in [0.25, 0.3) is 11.0 Å². The molecule has 4 N–H and O–H groups in total. The molecule has 10 heteroatoms. The summed E-state index contributed by atoms with van der Waals surface area (Å²) in [5.41, 5.74) is 9.10. The van der Waals surface area contributed by atoms with Crippen LogP contribution in [0.1, 0.15) is 32.1 Å². The molecule has 3 aromatic carbocycles. The molecule has 0 unspecified atom stereocenters. The Balaban J connectivity index is 1.38. The molecule has 5 rings (SSSR count). The summed E-state index contributed by atoms with van der Waals surface area (Å²) >= 11 is 0. The SMILES string of the molecule is Cc1cc(OCCOCc2ccccc2)ccc1N(C(=O)c1[nH]cnc1C(N)=O)c1nc2ccccc2[nH]1. The lowest BCUT2D eigenvalue weighted by molar-refractivity contribution is 0.0889. The Labute approximate surface area is 218 Å². The Bertz CT molecular complexity index is 1540. The number of nitrogens with zero attached hydrogens (tertiary/aromatic N) is 3. The van der Waals surface area contributed by atoms with E-state index >= 15 is 0 Å². The number of nitrogens with one attached hydrogen (secondary N) is 2. The summed E-state index contributed by atoms with van der Waals surface area (Å²) in [5.74, 6) is -0.436. The van der Waals surface area contributed by atoms with Crippen LogP contribution in [0.5, 0.6) is 5.75 Å². The van der Waals surface area contributed by atoms with E-state index in [1.165, 1.54) is 11.2 Å². The number of carbonyl (C=O) groups excluding carboxylic acids is 2. The minimum absolute atomic E-state index is 0.0340. The van der Waals surface area contributed by atoms with Gasteiger partial charge in [0.05, 0.1) is 36.3 Å². The smallest absolute Gasteiger partial charge is 0.284 e. The van der Waals surface area contributed by atoms with Crippen molar-refractivity contribution in [2.24, 2.45) is 5.73 Å². The van der Waals surface area contributed by atoms with Gasteiger partial charge in [-0.15, -0.1) is 0 Å². The lowest BCUT2D eigenvalue weighted by Gasteiger charge is -2.22. The molecule has 2 aromatic heterocycles. The standard InChI is InChI=1S/C28H26N6O4/c1-18-15-20(38-14-13-37-16-19-7-3-2-4-8-19)11-12-23(18)34(27(36)25-24(26(29)35)30-17-31-25)28-32-21-9-5-6-10-22(21)33-28/h2-12,15,17H,13-14,16H2,1H3,(H2,29,35)(H,30,31)(H,32,33). The number of nitrogens with two attached hydrogens (primary N) is 1. The van der Waals surface area contributed by atoms with Crippen LogP contribution in [-0.4, -0.2) is 45.0 Å². The van der Waals surface area contributed by atoms with Gasteiger partial charge in [0.15, 0.2) is 5.69 Å². The van der Waals surface area contributed by atoms with Gasteiger partial charge in [-0.3, -0.25) is 9.59 Å². The first kappa shape index (κ1) is 24.7. The van der Waals surface area contributed by atoms with Gasteiger partial charge in [-0.05, 0) is 48.4 Å². The number of aromatic amines is 2. The van der Waals surface area contributed by atoms with Gasteiger partial charge in [-0.1, -0.05) is 42.5 Å². The first-order valence-corrected chi connectivity index (χ1v) is 12.0. The summed E-state index contributed by atoms with van der Waals surface area (Å²) < 4.78 is 11.6. The van der Waals surface area contributed by atoms with E-state index in [1.807, 2.05) is 67.6 Å². The molecule has 38 heavy (non-hydrogen) atoms. The van der Waals surface area contributed by atoms with Gasteiger partial charge >= 0.3 is 0 Å². The number of rotatable bonds is 10. The molecular weight excluding hydrogens is 484 g/mol. The van der Waals surface area contributed by atoms with Gasteiger partial charge in [0, 0.05) is 0 Å². The fraction of sp³-hybridized carbons (Fsp3) is 0.143. The number of amides is 2. The monoisotopic (exact) mass is 510 g/mol. The maximum Gasteiger partial charge on any atom is 0.284 e. The minimum Gasteiger partial charge on any atom is -0.491 e. The normalized spacial score (nSPS) is 11.0. The summed E-state index contributed by atoms with van der Waals surface area (Å²) in [6.45, 7) is 3.17. The number of carbonyl (C=O) groups is 2. The second-order valence-electron chi connectivity index (χ2n) is 8.54. The topological polar surface area (TPSA) is 139 Å². The molecule has 0 radical (unpaired) electrons. The second kappa shape index (κ2) is 11.0. The number of H-pyrrole nitrogens is 2. The average Bonchev–Trinajstić information content (AvgIpc) is 3.58. The van der Waals surface area contributed by atoms with Gasteiger partial charge < -0.3 is 25.2 Å². The Morgan fingerprint density at radius 3 is 2.55 bits per heavy atom. The molecule has 0 saturated carbocycles. The quantitative estimate of drug-likeness (QED) is 0.240. The van der Waals surface area contributed by atoms with Crippen LogP contribution < -0.4 is 15.4 Å². The largest absolute Gasteiger partial charge is 0.491 e. The number of anilines is 2. The van der Waals surface area contributed by atoms with E-state index in [-0.39, 0.29) is 17.3 Å². The van der Waals surface area contributed by atoms with Crippen molar-refractivity contribution in [2.45, 2.75) is 13.5 Å². The molecular formula is C28H26N6O4. The average molecular weight is 511 g/mol. The van der Waals surface area contributed by atoms with Crippen molar-refractivity contribution in [3.05, 3.63) is 102 Å². The number of fused-ring (bicyclic) bond motifs is 1. The minimum atomic E-state index is -0.811. The highest BCUT2D eigenvalue weighted by Crippen LogP contribution is 2.32. The number of aromatic nitrogens is 4. The third-order valence-electron chi connectivity index (χ3n) is 5.90. The maximum absolute atomic E-state index is 13.7. The molecule has 2 heterocycles. The van der Waals surface area contributed by atoms with Gasteiger partial charge in [-0.25, -0.2) is 14.9 Å². The number of hydrogen-bond donors (Lipinski definition) is 3. The van der Waals surface area contributed by atoms with E-state index in [9.17, 15) is 9.59 Å². The summed E-state index contributed by atoms with van der Waals surface area (Å²) in [6, 6.07) is 22.7. The number of benzene rings is 3. The van der Waals surface area contributed by atoms with Crippen molar-refractivity contribution in [3.8, 4) is 5.75 Å². The first-order chi connectivity index (χ1) is 18.5. The summed E-state index contributed by atoms with van der Waals surface area (Å²) in [4.78, 5) is 41.5. The second-order valence-corrected chi connectivity index (χ2v) is 8.54. The molecule has 5 aromatic rings. The molecule has 0 atom stereocenters. The lowest BCUT2D eigenvalue weighted by atomic mass is 10.1. The van der Waals surface area contributed by atoms with E-state index in [2.05, 4.69) is 19.9 Å². The molecule has 192 valence electrons. The molecule has 0 aliphatic rings. The van der Waals surface area contributed by atoms with Gasteiger partial charge in [-0.2, -0.15) is 0 Å². The number of ether oxygens (including phenoxy) is 2. The molecule has 0 fully saturated rings. The van der Waals surface area contributed by atoms with Crippen LogP contribution in [0, 0.1) is 6.92 Å². The van der Waals surface area contributed by atoms with Crippen LogP contribution in [0.15, 0.2) is 79.1 Å². The number of hydrogen-bond acceptors (Lipinski definition) is 6. The zero-order chi connectivity index (χ0) is 26.5.